The van der Waals surface area contributed by atoms with Crippen LogP contribution in [0.3, 0.4) is 0 Å². The number of amides is 1. The van der Waals surface area contributed by atoms with Crippen molar-refractivity contribution < 1.29 is 22.7 Å². The van der Waals surface area contributed by atoms with Crippen LogP contribution in [0.25, 0.3) is 0 Å². The highest BCUT2D eigenvalue weighted by Gasteiger charge is 2.32. The Bertz CT molecular complexity index is 842. The second kappa shape index (κ2) is 7.45. The van der Waals surface area contributed by atoms with Gasteiger partial charge >= 0.3 is 6.18 Å². The van der Waals surface area contributed by atoms with Crippen LogP contribution in [0, 0.1) is 0 Å². The molecule has 7 heteroatoms. The Hall–Kier alpha value is -2.57. The standard InChI is InChI=1S/C21H23F3N2O2/c1-20(2,3)15-6-4-14(5-7-15)19(27)26-11-9-17(13-26)28-18-12-16(8-10-25-18)21(22,23)24/h4-8,10,12,17H,9,11,13H2,1-3H3. The van der Waals surface area contributed by atoms with Gasteiger partial charge in [0.1, 0.15) is 6.10 Å². The summed E-state index contributed by atoms with van der Waals surface area (Å²) in [6, 6.07) is 9.30. The maximum absolute atomic E-state index is 12.8. The molecule has 0 bridgehead atoms. The molecule has 150 valence electrons. The number of ether oxygens (including phenoxy) is 1. The summed E-state index contributed by atoms with van der Waals surface area (Å²) in [5, 5.41) is 0. The van der Waals surface area contributed by atoms with Crippen molar-refractivity contribution in [2.24, 2.45) is 0 Å². The lowest BCUT2D eigenvalue weighted by atomic mass is 9.86. The van der Waals surface area contributed by atoms with Gasteiger partial charge in [0.15, 0.2) is 0 Å². The summed E-state index contributed by atoms with van der Waals surface area (Å²) in [7, 11) is 0. The van der Waals surface area contributed by atoms with Crippen molar-refractivity contribution in [3.8, 4) is 5.88 Å². The summed E-state index contributed by atoms with van der Waals surface area (Å²) >= 11 is 0. The van der Waals surface area contributed by atoms with Crippen LogP contribution in [0.15, 0.2) is 42.6 Å². The normalized spacial score (nSPS) is 17.6. The van der Waals surface area contributed by atoms with Gasteiger partial charge in [0, 0.05) is 30.8 Å². The molecule has 1 aliphatic rings. The zero-order chi connectivity index (χ0) is 20.5. The van der Waals surface area contributed by atoms with Gasteiger partial charge in [-0.1, -0.05) is 32.9 Å². The molecule has 1 fully saturated rings. The molecule has 0 radical (unpaired) electrons. The second-order valence-electron chi connectivity index (χ2n) is 7.99. The highest BCUT2D eigenvalue weighted by Crippen LogP contribution is 2.31. The smallest absolute Gasteiger partial charge is 0.416 e. The number of alkyl halides is 3. The zero-order valence-corrected chi connectivity index (χ0v) is 16.1. The fraction of sp³-hybridized carbons (Fsp3) is 0.429. The predicted octanol–water partition coefficient (Wildman–Crippen LogP) is 4.69. The fourth-order valence-electron chi connectivity index (χ4n) is 3.13. The summed E-state index contributed by atoms with van der Waals surface area (Å²) in [6.07, 6.45) is -3.21. The lowest BCUT2D eigenvalue weighted by Gasteiger charge is -2.20. The van der Waals surface area contributed by atoms with Gasteiger partial charge in [-0.15, -0.1) is 0 Å². The Morgan fingerprint density at radius 2 is 1.79 bits per heavy atom. The number of pyridine rings is 1. The van der Waals surface area contributed by atoms with Gasteiger partial charge in [-0.3, -0.25) is 4.79 Å². The van der Waals surface area contributed by atoms with E-state index in [1.54, 1.807) is 4.90 Å². The fourth-order valence-corrected chi connectivity index (χ4v) is 3.13. The minimum absolute atomic E-state index is 0.00606. The molecule has 0 aliphatic carbocycles. The largest absolute Gasteiger partial charge is 0.472 e. The molecular formula is C21H23F3N2O2. The number of benzene rings is 1. The van der Waals surface area contributed by atoms with Gasteiger partial charge < -0.3 is 9.64 Å². The van der Waals surface area contributed by atoms with E-state index in [1.165, 1.54) is 0 Å². The van der Waals surface area contributed by atoms with Crippen molar-refractivity contribution in [1.82, 2.24) is 9.88 Å². The first-order chi connectivity index (χ1) is 13.0. The third kappa shape index (κ3) is 4.64. The van der Waals surface area contributed by atoms with Gasteiger partial charge in [0.25, 0.3) is 5.91 Å². The van der Waals surface area contributed by atoms with Crippen molar-refractivity contribution in [2.75, 3.05) is 13.1 Å². The van der Waals surface area contributed by atoms with Crippen molar-refractivity contribution in [2.45, 2.75) is 44.9 Å². The minimum Gasteiger partial charge on any atom is -0.472 e. The Morgan fingerprint density at radius 3 is 2.39 bits per heavy atom. The molecule has 4 nitrogen and oxygen atoms in total. The molecule has 0 spiro atoms. The molecule has 1 atom stereocenters. The molecule has 1 amide bonds. The topological polar surface area (TPSA) is 42.4 Å². The van der Waals surface area contributed by atoms with Crippen LogP contribution in [-0.4, -0.2) is 35.0 Å². The Morgan fingerprint density at radius 1 is 1.11 bits per heavy atom. The molecule has 2 aromatic rings. The summed E-state index contributed by atoms with van der Waals surface area (Å²) in [4.78, 5) is 18.2. The van der Waals surface area contributed by atoms with Crippen LogP contribution in [0.5, 0.6) is 5.88 Å². The molecule has 28 heavy (non-hydrogen) atoms. The molecule has 0 N–H and O–H groups in total. The molecular weight excluding hydrogens is 369 g/mol. The zero-order valence-electron chi connectivity index (χ0n) is 16.1. The van der Waals surface area contributed by atoms with Gasteiger partial charge in [-0.05, 0) is 29.2 Å². The van der Waals surface area contributed by atoms with E-state index in [0.717, 1.165) is 23.9 Å². The van der Waals surface area contributed by atoms with Crippen LogP contribution < -0.4 is 4.74 Å². The number of hydrogen-bond donors (Lipinski definition) is 0. The quantitative estimate of drug-likeness (QED) is 0.761. The number of likely N-dealkylation sites (tertiary alicyclic amines) is 1. The average molecular weight is 392 g/mol. The summed E-state index contributed by atoms with van der Waals surface area (Å²) < 4.78 is 44.0. The van der Waals surface area contributed by atoms with Crippen LogP contribution in [0.2, 0.25) is 0 Å². The van der Waals surface area contributed by atoms with Crippen molar-refractivity contribution in [3.05, 3.63) is 59.3 Å². The van der Waals surface area contributed by atoms with E-state index in [2.05, 4.69) is 25.8 Å². The maximum Gasteiger partial charge on any atom is 0.416 e. The van der Waals surface area contributed by atoms with E-state index in [4.69, 9.17) is 4.74 Å². The van der Waals surface area contributed by atoms with Crippen LogP contribution in [0.4, 0.5) is 13.2 Å². The Balaban J connectivity index is 1.63. The number of aromatic nitrogens is 1. The molecule has 1 aromatic heterocycles. The molecule has 1 aliphatic heterocycles. The summed E-state index contributed by atoms with van der Waals surface area (Å²) in [6.45, 7) is 7.12. The molecule has 1 aromatic carbocycles. The number of rotatable bonds is 3. The molecule has 1 saturated heterocycles. The average Bonchev–Trinajstić information content (AvgIpc) is 3.08. The third-order valence-corrected chi connectivity index (χ3v) is 4.78. The first-order valence-corrected chi connectivity index (χ1v) is 9.14. The lowest BCUT2D eigenvalue weighted by Crippen LogP contribution is -2.31. The Kier molecular flexibility index (Phi) is 5.37. The first-order valence-electron chi connectivity index (χ1n) is 9.14. The van der Waals surface area contributed by atoms with E-state index in [0.29, 0.717) is 25.1 Å². The molecule has 0 saturated carbocycles. The van der Waals surface area contributed by atoms with Gasteiger partial charge in [-0.2, -0.15) is 13.2 Å². The van der Waals surface area contributed by atoms with E-state index < -0.39 is 11.7 Å². The molecule has 2 heterocycles. The maximum atomic E-state index is 12.8. The number of hydrogen-bond acceptors (Lipinski definition) is 3. The lowest BCUT2D eigenvalue weighted by molar-refractivity contribution is -0.137. The van der Waals surface area contributed by atoms with Gasteiger partial charge in [-0.25, -0.2) is 4.98 Å². The van der Waals surface area contributed by atoms with Gasteiger partial charge in [0.05, 0.1) is 12.1 Å². The molecule has 1 unspecified atom stereocenters. The van der Waals surface area contributed by atoms with Crippen LogP contribution >= 0.6 is 0 Å². The SMILES string of the molecule is CC(C)(C)c1ccc(C(=O)N2CCC(Oc3cc(C(F)(F)F)ccn3)C2)cc1. The van der Waals surface area contributed by atoms with Crippen molar-refractivity contribution in [1.29, 1.82) is 0 Å². The summed E-state index contributed by atoms with van der Waals surface area (Å²) in [5.41, 5.74) is 0.932. The van der Waals surface area contributed by atoms with Crippen molar-refractivity contribution >= 4 is 5.91 Å². The highest BCUT2D eigenvalue weighted by atomic mass is 19.4. The van der Waals surface area contributed by atoms with E-state index >= 15 is 0 Å². The number of carbonyl (C=O) groups is 1. The van der Waals surface area contributed by atoms with E-state index in [-0.39, 0.29) is 23.3 Å². The van der Waals surface area contributed by atoms with Crippen LogP contribution in [-0.2, 0) is 11.6 Å². The van der Waals surface area contributed by atoms with E-state index in [9.17, 15) is 18.0 Å². The first kappa shape index (κ1) is 20.2. The number of halogens is 3. The number of nitrogens with zero attached hydrogens (tertiary/aromatic N) is 2. The second-order valence-corrected chi connectivity index (χ2v) is 7.99. The minimum atomic E-state index is -4.45. The van der Waals surface area contributed by atoms with Gasteiger partial charge in [0.2, 0.25) is 5.88 Å². The van der Waals surface area contributed by atoms with E-state index in [1.807, 2.05) is 24.3 Å². The third-order valence-electron chi connectivity index (χ3n) is 4.78. The number of carbonyl (C=O) groups excluding carboxylic acids is 1. The van der Waals surface area contributed by atoms with Crippen LogP contribution in [0.1, 0.15) is 48.7 Å². The monoisotopic (exact) mass is 392 g/mol. The highest BCUT2D eigenvalue weighted by molar-refractivity contribution is 5.94. The Labute approximate surface area is 162 Å². The molecule has 3 rings (SSSR count). The summed E-state index contributed by atoms with van der Waals surface area (Å²) in [5.74, 6) is -0.188. The van der Waals surface area contributed by atoms with Crippen molar-refractivity contribution in [3.63, 3.8) is 0 Å². The predicted molar refractivity (Wildman–Crippen MR) is 99.3 cm³/mol.